The highest BCUT2D eigenvalue weighted by Gasteiger charge is 2.10. The number of aromatic nitrogens is 1. The first-order valence-corrected chi connectivity index (χ1v) is 6.98. The Bertz CT molecular complexity index is 458. The van der Waals surface area contributed by atoms with Crippen molar-refractivity contribution < 1.29 is 0 Å². The molecule has 0 bridgehead atoms. The molecule has 0 spiro atoms. The van der Waals surface area contributed by atoms with Crippen LogP contribution in [0, 0.1) is 0 Å². The maximum Gasteiger partial charge on any atom is 0.0701 e. The summed E-state index contributed by atoms with van der Waals surface area (Å²) in [5.74, 6) is 5.60. The number of nitrogens with two attached hydrogens (primary N) is 1. The van der Waals surface area contributed by atoms with E-state index in [1.807, 2.05) is 24.5 Å². The summed E-state index contributed by atoms with van der Waals surface area (Å²) >= 11 is 5.22. The average Bonchev–Trinajstić information content (AvgIpc) is 2.75. The zero-order chi connectivity index (χ0) is 12.1. The van der Waals surface area contributed by atoms with Gasteiger partial charge in [0.25, 0.3) is 0 Å². The van der Waals surface area contributed by atoms with Gasteiger partial charge in [-0.15, -0.1) is 11.3 Å². The van der Waals surface area contributed by atoms with Crippen molar-refractivity contribution in [3.8, 4) is 0 Å². The Morgan fingerprint density at radius 3 is 2.59 bits per heavy atom. The van der Waals surface area contributed by atoms with Gasteiger partial charge < -0.3 is 0 Å². The third-order valence-corrected chi connectivity index (χ3v) is 4.19. The van der Waals surface area contributed by atoms with Gasteiger partial charge in [0.2, 0.25) is 0 Å². The monoisotopic (exact) mass is 311 g/mol. The summed E-state index contributed by atoms with van der Waals surface area (Å²) < 4.78 is 1.16. The molecule has 5 heteroatoms. The Labute approximate surface area is 113 Å². The minimum atomic E-state index is 0.253. The summed E-state index contributed by atoms with van der Waals surface area (Å²) in [6, 6.07) is 8.50. The molecule has 2 heterocycles. The van der Waals surface area contributed by atoms with Gasteiger partial charge in [0.1, 0.15) is 0 Å². The lowest BCUT2D eigenvalue weighted by Gasteiger charge is -2.14. The lowest BCUT2D eigenvalue weighted by atomic mass is 10.0. The molecular formula is C12H14BrN3S. The fourth-order valence-corrected chi connectivity index (χ4v) is 3.26. The van der Waals surface area contributed by atoms with Crippen LogP contribution in [0.4, 0.5) is 0 Å². The summed E-state index contributed by atoms with van der Waals surface area (Å²) in [5.41, 5.74) is 4.13. The van der Waals surface area contributed by atoms with Gasteiger partial charge in [-0.3, -0.25) is 16.3 Å². The molecule has 0 aliphatic carbocycles. The third-order valence-electron chi connectivity index (χ3n) is 2.54. The Hall–Kier alpha value is -0.750. The van der Waals surface area contributed by atoms with Crippen LogP contribution in [0.25, 0.3) is 0 Å². The number of nitrogens with one attached hydrogen (secondary N) is 1. The van der Waals surface area contributed by atoms with Crippen LogP contribution < -0.4 is 11.3 Å². The molecule has 2 aromatic rings. The first-order chi connectivity index (χ1) is 8.28. The molecule has 90 valence electrons. The van der Waals surface area contributed by atoms with Crippen molar-refractivity contribution in [1.82, 2.24) is 10.4 Å². The van der Waals surface area contributed by atoms with Gasteiger partial charge in [-0.25, -0.2) is 0 Å². The number of hydrogen-bond acceptors (Lipinski definition) is 4. The quantitative estimate of drug-likeness (QED) is 0.659. The van der Waals surface area contributed by atoms with E-state index in [0.29, 0.717) is 0 Å². The lowest BCUT2D eigenvalue weighted by molar-refractivity contribution is 0.525. The number of halogens is 1. The second kappa shape index (κ2) is 6.26. The smallest absolute Gasteiger partial charge is 0.0701 e. The van der Waals surface area contributed by atoms with Crippen LogP contribution in [0.3, 0.4) is 0 Å². The van der Waals surface area contributed by atoms with Gasteiger partial charge in [0, 0.05) is 23.3 Å². The molecule has 0 saturated carbocycles. The van der Waals surface area contributed by atoms with Gasteiger partial charge in [-0.05, 0) is 58.6 Å². The molecule has 2 aromatic heterocycles. The molecule has 0 amide bonds. The van der Waals surface area contributed by atoms with Crippen molar-refractivity contribution in [1.29, 1.82) is 0 Å². The molecule has 0 aliphatic rings. The topological polar surface area (TPSA) is 50.9 Å². The maximum absolute atomic E-state index is 5.60. The zero-order valence-electron chi connectivity index (χ0n) is 9.27. The number of rotatable bonds is 5. The van der Waals surface area contributed by atoms with E-state index in [2.05, 4.69) is 38.5 Å². The molecule has 1 unspecified atom stereocenters. The minimum absolute atomic E-state index is 0.253. The van der Waals surface area contributed by atoms with E-state index in [0.717, 1.165) is 16.6 Å². The molecular weight excluding hydrogens is 298 g/mol. The summed E-state index contributed by atoms with van der Waals surface area (Å²) in [6.07, 6.45) is 5.47. The summed E-state index contributed by atoms with van der Waals surface area (Å²) in [5, 5.41) is 0. The van der Waals surface area contributed by atoms with E-state index in [-0.39, 0.29) is 6.04 Å². The average molecular weight is 312 g/mol. The molecule has 2 rings (SSSR count). The van der Waals surface area contributed by atoms with Crippen LogP contribution in [0.2, 0.25) is 0 Å². The number of pyridine rings is 1. The Balaban J connectivity index is 1.98. The van der Waals surface area contributed by atoms with Crippen LogP contribution in [0.5, 0.6) is 0 Å². The Morgan fingerprint density at radius 1 is 1.24 bits per heavy atom. The highest BCUT2D eigenvalue weighted by atomic mass is 79.9. The van der Waals surface area contributed by atoms with Gasteiger partial charge >= 0.3 is 0 Å². The van der Waals surface area contributed by atoms with Gasteiger partial charge in [-0.2, -0.15) is 0 Å². The lowest BCUT2D eigenvalue weighted by Crippen LogP contribution is -2.38. The van der Waals surface area contributed by atoms with E-state index >= 15 is 0 Å². The van der Waals surface area contributed by atoms with E-state index in [1.165, 1.54) is 10.4 Å². The molecule has 17 heavy (non-hydrogen) atoms. The fraction of sp³-hybridized carbons (Fsp3) is 0.250. The van der Waals surface area contributed by atoms with E-state index < -0.39 is 0 Å². The zero-order valence-corrected chi connectivity index (χ0v) is 11.7. The Morgan fingerprint density at radius 2 is 2.00 bits per heavy atom. The van der Waals surface area contributed by atoms with Gasteiger partial charge in [-0.1, -0.05) is 0 Å². The second-order valence-electron chi connectivity index (χ2n) is 3.83. The molecule has 0 aliphatic heterocycles. The Kier molecular flexibility index (Phi) is 4.67. The van der Waals surface area contributed by atoms with Crippen molar-refractivity contribution >= 4 is 27.3 Å². The number of thiophene rings is 1. The van der Waals surface area contributed by atoms with Crippen molar-refractivity contribution in [2.45, 2.75) is 18.9 Å². The molecule has 0 fully saturated rings. The summed E-state index contributed by atoms with van der Waals surface area (Å²) in [4.78, 5) is 5.34. The largest absolute Gasteiger partial charge is 0.271 e. The van der Waals surface area contributed by atoms with Crippen LogP contribution in [-0.4, -0.2) is 11.0 Å². The number of nitrogens with zero attached hydrogens (tertiary/aromatic N) is 1. The SMILES string of the molecule is NNC(Cc1ccncc1)Cc1ccc(Br)s1. The predicted molar refractivity (Wildman–Crippen MR) is 74.8 cm³/mol. The van der Waals surface area contributed by atoms with Crippen LogP contribution >= 0.6 is 27.3 Å². The molecule has 1 atom stereocenters. The van der Waals surface area contributed by atoms with Gasteiger partial charge in [0.05, 0.1) is 3.79 Å². The number of hydrazine groups is 1. The molecule has 0 aromatic carbocycles. The summed E-state index contributed by atoms with van der Waals surface area (Å²) in [7, 11) is 0. The number of hydrogen-bond donors (Lipinski definition) is 2. The second-order valence-corrected chi connectivity index (χ2v) is 6.38. The van der Waals surface area contributed by atoms with Crippen molar-refractivity contribution in [3.05, 3.63) is 50.9 Å². The first-order valence-electron chi connectivity index (χ1n) is 5.37. The maximum atomic E-state index is 5.60. The van der Waals surface area contributed by atoms with Crippen LogP contribution in [-0.2, 0) is 12.8 Å². The van der Waals surface area contributed by atoms with Gasteiger partial charge in [0.15, 0.2) is 0 Å². The standard InChI is InChI=1S/C12H14BrN3S/c13-12-2-1-11(17-12)8-10(16-14)7-9-3-5-15-6-4-9/h1-6,10,16H,7-8,14H2. The molecule has 3 nitrogen and oxygen atoms in total. The first kappa shape index (κ1) is 12.7. The van der Waals surface area contributed by atoms with Crippen LogP contribution in [0.1, 0.15) is 10.4 Å². The molecule has 3 N–H and O–H groups in total. The van der Waals surface area contributed by atoms with Crippen LogP contribution in [0.15, 0.2) is 40.4 Å². The normalized spacial score (nSPS) is 12.6. The minimum Gasteiger partial charge on any atom is -0.271 e. The fourth-order valence-electron chi connectivity index (χ4n) is 1.70. The van der Waals surface area contributed by atoms with E-state index in [9.17, 15) is 0 Å². The highest BCUT2D eigenvalue weighted by molar-refractivity contribution is 9.11. The highest BCUT2D eigenvalue weighted by Crippen LogP contribution is 2.23. The van der Waals surface area contributed by atoms with Crippen molar-refractivity contribution in [2.24, 2.45) is 5.84 Å². The molecule has 0 radical (unpaired) electrons. The van der Waals surface area contributed by atoms with E-state index in [4.69, 9.17) is 5.84 Å². The van der Waals surface area contributed by atoms with E-state index in [1.54, 1.807) is 11.3 Å². The summed E-state index contributed by atoms with van der Waals surface area (Å²) in [6.45, 7) is 0. The molecule has 0 saturated heterocycles. The predicted octanol–water partition coefficient (Wildman–Crippen LogP) is 2.52. The van der Waals surface area contributed by atoms with Crippen molar-refractivity contribution in [3.63, 3.8) is 0 Å². The third kappa shape index (κ3) is 3.89. The van der Waals surface area contributed by atoms with Crippen molar-refractivity contribution in [2.75, 3.05) is 0 Å².